The molecule has 1 fully saturated rings. The van der Waals surface area contributed by atoms with Crippen molar-refractivity contribution >= 4 is 33.2 Å². The first kappa shape index (κ1) is 19.9. The number of anilines is 1. The Kier molecular flexibility index (Phi) is 5.33. The second kappa shape index (κ2) is 7.26. The molecule has 0 bridgehead atoms. The lowest BCUT2D eigenvalue weighted by Crippen LogP contribution is -2.28. The topological polar surface area (TPSA) is 95.2 Å². The molecular weight excluding hydrogens is 388 g/mol. The number of carbonyl (C=O) groups excluding carboxylic acids is 1. The van der Waals surface area contributed by atoms with Gasteiger partial charge >= 0.3 is 0 Å². The fourth-order valence-electron chi connectivity index (χ4n) is 2.86. The number of benzene rings is 1. The number of halogens is 1. The van der Waals surface area contributed by atoms with Crippen molar-refractivity contribution < 1.29 is 13.2 Å². The number of rotatable bonds is 4. The number of hydrogen-bond acceptors (Lipinski definition) is 4. The lowest BCUT2D eigenvalue weighted by atomic mass is 9.92. The summed E-state index contributed by atoms with van der Waals surface area (Å²) in [7, 11) is -3.68. The molecule has 7 nitrogen and oxygen atoms in total. The van der Waals surface area contributed by atoms with Crippen molar-refractivity contribution in [1.29, 1.82) is 0 Å². The van der Waals surface area contributed by atoms with E-state index in [-0.39, 0.29) is 21.0 Å². The number of sulfonamides is 1. The van der Waals surface area contributed by atoms with Crippen LogP contribution in [0.15, 0.2) is 29.2 Å². The van der Waals surface area contributed by atoms with E-state index in [0.29, 0.717) is 18.8 Å². The van der Waals surface area contributed by atoms with Gasteiger partial charge in [0.05, 0.1) is 5.02 Å². The Hall–Kier alpha value is -1.90. The SMILES string of the molecule is CC(C)(C)c1cc(C(=O)Nc2ccc(Cl)c(S(=O)(=O)N3CCCC3)c2)n[nH]1. The zero-order valence-electron chi connectivity index (χ0n) is 15.5. The Labute approximate surface area is 164 Å². The minimum Gasteiger partial charge on any atom is -0.321 e. The van der Waals surface area contributed by atoms with E-state index in [1.54, 1.807) is 12.1 Å². The van der Waals surface area contributed by atoms with Gasteiger partial charge in [-0.15, -0.1) is 0 Å². The summed E-state index contributed by atoms with van der Waals surface area (Å²) >= 11 is 6.13. The van der Waals surface area contributed by atoms with Gasteiger partial charge in [0.25, 0.3) is 5.91 Å². The zero-order chi connectivity index (χ0) is 19.8. The highest BCUT2D eigenvalue weighted by Gasteiger charge is 2.29. The van der Waals surface area contributed by atoms with E-state index in [0.717, 1.165) is 18.5 Å². The molecule has 2 aromatic rings. The summed E-state index contributed by atoms with van der Waals surface area (Å²) in [6.07, 6.45) is 1.67. The predicted molar refractivity (Wildman–Crippen MR) is 105 cm³/mol. The summed E-state index contributed by atoms with van der Waals surface area (Å²) in [5, 5.41) is 9.72. The van der Waals surface area contributed by atoms with E-state index in [9.17, 15) is 13.2 Å². The van der Waals surface area contributed by atoms with Crippen molar-refractivity contribution in [1.82, 2.24) is 14.5 Å². The van der Waals surface area contributed by atoms with Crippen LogP contribution in [0.1, 0.15) is 49.8 Å². The van der Waals surface area contributed by atoms with Gasteiger partial charge in [-0.3, -0.25) is 9.89 Å². The normalized spacial score (nSPS) is 15.9. The average molecular weight is 411 g/mol. The highest BCUT2D eigenvalue weighted by molar-refractivity contribution is 7.89. The third-order valence-electron chi connectivity index (χ3n) is 4.49. The number of aromatic nitrogens is 2. The van der Waals surface area contributed by atoms with E-state index in [1.165, 1.54) is 16.4 Å². The molecule has 0 atom stereocenters. The Morgan fingerprint density at radius 2 is 1.89 bits per heavy atom. The van der Waals surface area contributed by atoms with Crippen molar-refractivity contribution in [3.05, 3.63) is 40.7 Å². The molecule has 27 heavy (non-hydrogen) atoms. The van der Waals surface area contributed by atoms with Crippen LogP contribution in [-0.4, -0.2) is 41.9 Å². The monoisotopic (exact) mass is 410 g/mol. The molecule has 9 heteroatoms. The maximum atomic E-state index is 12.8. The summed E-state index contributed by atoms with van der Waals surface area (Å²) < 4.78 is 27.0. The zero-order valence-corrected chi connectivity index (χ0v) is 17.1. The number of aromatic amines is 1. The Bertz CT molecular complexity index is 957. The third-order valence-corrected chi connectivity index (χ3v) is 6.87. The average Bonchev–Trinajstić information content (AvgIpc) is 3.28. The van der Waals surface area contributed by atoms with E-state index >= 15 is 0 Å². The van der Waals surface area contributed by atoms with Crippen molar-refractivity contribution in [3.63, 3.8) is 0 Å². The first-order chi connectivity index (χ1) is 12.6. The first-order valence-electron chi connectivity index (χ1n) is 8.76. The third kappa shape index (κ3) is 4.17. The van der Waals surface area contributed by atoms with E-state index in [2.05, 4.69) is 15.5 Å². The van der Waals surface area contributed by atoms with Gasteiger partial charge in [0.1, 0.15) is 4.90 Å². The molecular formula is C18H23ClN4O3S. The number of H-pyrrole nitrogens is 1. The fourth-order valence-corrected chi connectivity index (χ4v) is 4.88. The van der Waals surface area contributed by atoms with Crippen LogP contribution >= 0.6 is 11.6 Å². The van der Waals surface area contributed by atoms with Crippen molar-refractivity contribution in [3.8, 4) is 0 Å². The molecule has 1 aliphatic heterocycles. The second-order valence-electron chi connectivity index (χ2n) is 7.63. The molecule has 1 saturated heterocycles. The van der Waals surface area contributed by atoms with Crippen LogP contribution in [0.25, 0.3) is 0 Å². The highest BCUT2D eigenvalue weighted by atomic mass is 35.5. The summed E-state index contributed by atoms with van der Waals surface area (Å²) in [4.78, 5) is 12.5. The van der Waals surface area contributed by atoms with Crippen LogP contribution in [0.2, 0.25) is 5.02 Å². The van der Waals surface area contributed by atoms with Crippen LogP contribution in [0.4, 0.5) is 5.69 Å². The fraction of sp³-hybridized carbons (Fsp3) is 0.444. The van der Waals surface area contributed by atoms with Crippen LogP contribution in [0.3, 0.4) is 0 Å². The van der Waals surface area contributed by atoms with Gasteiger partial charge in [-0.1, -0.05) is 32.4 Å². The molecule has 0 unspecified atom stereocenters. The van der Waals surface area contributed by atoms with E-state index in [4.69, 9.17) is 11.6 Å². The number of nitrogens with zero attached hydrogens (tertiary/aromatic N) is 2. The Balaban J connectivity index is 1.84. The highest BCUT2D eigenvalue weighted by Crippen LogP contribution is 2.30. The minimum absolute atomic E-state index is 0.00118. The molecule has 0 radical (unpaired) electrons. The molecule has 1 amide bonds. The first-order valence-corrected chi connectivity index (χ1v) is 10.6. The lowest BCUT2D eigenvalue weighted by molar-refractivity contribution is 0.102. The number of amides is 1. The predicted octanol–water partition coefficient (Wildman–Crippen LogP) is 3.40. The molecule has 1 aromatic heterocycles. The van der Waals surface area contributed by atoms with E-state index < -0.39 is 15.9 Å². The maximum Gasteiger partial charge on any atom is 0.276 e. The molecule has 3 rings (SSSR count). The molecule has 0 aliphatic carbocycles. The largest absolute Gasteiger partial charge is 0.321 e. The summed E-state index contributed by atoms with van der Waals surface area (Å²) in [5.41, 5.74) is 1.25. The smallest absolute Gasteiger partial charge is 0.276 e. The standard InChI is InChI=1S/C18H23ClN4O3S/c1-18(2,3)16-11-14(21-22-16)17(24)20-12-6-7-13(19)15(10-12)27(25,26)23-8-4-5-9-23/h6-7,10-11H,4-5,8-9H2,1-3H3,(H,20,24)(H,21,22). The van der Waals surface area contributed by atoms with Gasteiger partial charge in [-0.2, -0.15) is 9.40 Å². The molecule has 146 valence electrons. The van der Waals surface area contributed by atoms with Gasteiger partial charge in [0.2, 0.25) is 10.0 Å². The van der Waals surface area contributed by atoms with Gasteiger partial charge in [-0.05, 0) is 37.1 Å². The van der Waals surface area contributed by atoms with Crippen molar-refractivity contribution in [2.75, 3.05) is 18.4 Å². The van der Waals surface area contributed by atoms with Gasteiger partial charge < -0.3 is 5.32 Å². The molecule has 1 aromatic carbocycles. The number of nitrogens with one attached hydrogen (secondary N) is 2. The lowest BCUT2D eigenvalue weighted by Gasteiger charge is -2.17. The van der Waals surface area contributed by atoms with Crippen LogP contribution < -0.4 is 5.32 Å². The van der Waals surface area contributed by atoms with Crippen molar-refractivity contribution in [2.45, 2.75) is 43.9 Å². The Morgan fingerprint density at radius 1 is 1.22 bits per heavy atom. The van der Waals surface area contributed by atoms with Gasteiger partial charge in [-0.25, -0.2) is 8.42 Å². The van der Waals surface area contributed by atoms with Gasteiger partial charge in [0, 0.05) is 29.9 Å². The van der Waals surface area contributed by atoms with Crippen LogP contribution in [0, 0.1) is 0 Å². The summed E-state index contributed by atoms with van der Waals surface area (Å²) in [5.74, 6) is -0.423. The quantitative estimate of drug-likeness (QED) is 0.807. The second-order valence-corrected chi connectivity index (χ2v) is 9.94. The molecule has 1 aliphatic rings. The Morgan fingerprint density at radius 3 is 2.48 bits per heavy atom. The molecule has 0 spiro atoms. The molecule has 2 heterocycles. The van der Waals surface area contributed by atoms with Gasteiger partial charge in [0.15, 0.2) is 5.69 Å². The summed E-state index contributed by atoms with van der Waals surface area (Å²) in [6.45, 7) is 7.00. The molecule has 0 saturated carbocycles. The van der Waals surface area contributed by atoms with Crippen molar-refractivity contribution in [2.24, 2.45) is 0 Å². The number of hydrogen-bond donors (Lipinski definition) is 2. The summed E-state index contributed by atoms with van der Waals surface area (Å²) in [6, 6.07) is 6.13. The van der Waals surface area contributed by atoms with Crippen LogP contribution in [0.5, 0.6) is 0 Å². The minimum atomic E-state index is -3.68. The number of carbonyl (C=O) groups is 1. The van der Waals surface area contributed by atoms with Crippen LogP contribution in [-0.2, 0) is 15.4 Å². The maximum absolute atomic E-state index is 12.8. The van der Waals surface area contributed by atoms with E-state index in [1.807, 2.05) is 20.8 Å². The molecule has 2 N–H and O–H groups in total.